The van der Waals surface area contributed by atoms with E-state index in [0.717, 1.165) is 0 Å². The number of rotatable bonds is 0. The molecule has 8 heteroatoms. The Bertz CT molecular complexity index is 11.2. The molecule has 0 atom stereocenters. The fourth-order valence-electron chi connectivity index (χ4n) is 0. The van der Waals surface area contributed by atoms with Crippen LogP contribution in [0.2, 0.25) is 0 Å². The van der Waals surface area contributed by atoms with E-state index in [9.17, 15) is 0 Å². The summed E-state index contributed by atoms with van der Waals surface area (Å²) in [5, 5.41) is 0. The minimum Gasteiger partial charge on any atom is -3.00 e. The Morgan fingerprint density at radius 3 is 0.375 bits per heavy atom. The van der Waals surface area contributed by atoms with Crippen molar-refractivity contribution < 1.29 is 71.4 Å². The predicted octanol–water partition coefficient (Wildman–Crippen LogP) is 3.43. The van der Waals surface area contributed by atoms with Gasteiger partial charge in [0, 0.05) is 0 Å². The third kappa shape index (κ3) is 51.3. The molecular weight excluding hydrogens is 485 g/mol. The van der Waals surface area contributed by atoms with Crippen LogP contribution in [0.25, 0.3) is 0 Å². The molecule has 0 saturated heterocycles. The summed E-state index contributed by atoms with van der Waals surface area (Å²) in [6.45, 7) is 0. The molecule has 0 aliphatic rings. The van der Waals surface area contributed by atoms with Crippen molar-refractivity contribution in [1.82, 2.24) is 0 Å². The van der Waals surface area contributed by atoms with Crippen molar-refractivity contribution in [3.8, 4) is 0 Å². The van der Waals surface area contributed by atoms with Crippen molar-refractivity contribution in [2.24, 2.45) is 0 Å². The van der Waals surface area contributed by atoms with Gasteiger partial charge in [0.2, 0.25) is 0 Å². The fraction of sp³-hybridized carbons (Fsp3) is 0. The van der Waals surface area contributed by atoms with Gasteiger partial charge in [0.15, 0.2) is 0 Å². The summed E-state index contributed by atoms with van der Waals surface area (Å²) in [6.07, 6.45) is 0. The minimum atomic E-state index is 0. The second-order valence-electron chi connectivity index (χ2n) is 0. The Morgan fingerprint density at radius 1 is 0.375 bits per heavy atom. The monoisotopic (exact) mass is 485 g/mol. The van der Waals surface area contributed by atoms with Gasteiger partial charge < -0.3 is 39.6 Å². The summed E-state index contributed by atoms with van der Waals surface area (Å²) in [5.74, 6) is 0. The van der Waals surface area contributed by atoms with Gasteiger partial charge in [0.05, 0.1) is 0 Å². The fourth-order valence-corrected chi connectivity index (χ4v) is 0. The smallest absolute Gasteiger partial charge is 3.00 e. The van der Waals surface area contributed by atoms with Crippen LogP contribution in [0.5, 0.6) is 0 Å². The van der Waals surface area contributed by atoms with Crippen LogP contribution in [0, 0.1) is 0 Å². The largest absolute Gasteiger partial charge is 6.00 e. The molecule has 8 heavy (non-hydrogen) atoms. The Morgan fingerprint density at radius 2 is 0.375 bits per heavy atom. The van der Waals surface area contributed by atoms with Crippen molar-refractivity contribution in [2.75, 3.05) is 0 Å². The Hall–Kier alpha value is 3.93. The van der Waals surface area contributed by atoms with E-state index in [1.165, 1.54) is 0 Å². The van der Waals surface area contributed by atoms with E-state index in [1.807, 2.05) is 0 Å². The van der Waals surface area contributed by atoms with Gasteiger partial charge in [-0.25, -0.2) is 0 Å². The average molecular weight is 485 g/mol. The van der Waals surface area contributed by atoms with Crippen molar-refractivity contribution in [3.63, 3.8) is 0 Å². The van der Waals surface area contributed by atoms with E-state index in [1.54, 1.807) is 0 Å². The van der Waals surface area contributed by atoms with Gasteiger partial charge in [0.1, 0.15) is 0 Å². The van der Waals surface area contributed by atoms with Crippen LogP contribution in [-0.2, 0) is 71.4 Å². The Balaban J connectivity index is 0. The molecule has 0 heterocycles. The first-order valence-corrected chi connectivity index (χ1v) is 0. The zero-order valence-electron chi connectivity index (χ0n) is 3.20. The molecule has 0 aliphatic carbocycles. The third-order valence-corrected chi connectivity index (χ3v) is 0. The van der Waals surface area contributed by atoms with Crippen molar-refractivity contribution >= 4 is 39.6 Å². The van der Waals surface area contributed by atoms with Gasteiger partial charge in [0.25, 0.3) is 0 Å². The van der Waals surface area contributed by atoms with Gasteiger partial charge in [-0.15, -0.1) is 0 Å². The van der Waals surface area contributed by atoms with Crippen LogP contribution in [0.1, 0.15) is 0 Å². The molecule has 0 amide bonds. The molecule has 0 aliphatic heterocycles. The summed E-state index contributed by atoms with van der Waals surface area (Å²) < 4.78 is 0. The molecule has 0 bridgehead atoms. The van der Waals surface area contributed by atoms with E-state index in [-0.39, 0.29) is 111 Å². The quantitative estimate of drug-likeness (QED) is 0.463. The summed E-state index contributed by atoms with van der Waals surface area (Å²) in [5.41, 5.74) is 0. The molecule has 0 aromatic rings. The van der Waals surface area contributed by atoms with Gasteiger partial charge in [-0.2, -0.15) is 0 Å². The van der Waals surface area contributed by atoms with Gasteiger partial charge in [-0.05, 0) is 0 Å². The zero-order valence-corrected chi connectivity index (χ0v) is 12.8. The number of hydrogen-bond donors (Lipinski definition) is 0. The normalized spacial score (nSPS) is 0. The maximum absolute atomic E-state index is 0. The molecule has 0 saturated carbocycles. The molecule has 0 aromatic heterocycles. The van der Waals surface area contributed by atoms with Crippen molar-refractivity contribution in [1.29, 1.82) is 0 Å². The first-order chi connectivity index (χ1) is 0. The Labute approximate surface area is 110 Å². The van der Waals surface area contributed by atoms with E-state index >= 15 is 0 Å². The van der Waals surface area contributed by atoms with Crippen LogP contribution >= 0.6 is 39.6 Å². The number of hydrogen-bond acceptors (Lipinski definition) is 0. The summed E-state index contributed by atoms with van der Waals surface area (Å²) >= 11 is 0. The van der Waals surface area contributed by atoms with E-state index in [0.29, 0.717) is 0 Å². The third-order valence-electron chi connectivity index (χ3n) is 0. The van der Waals surface area contributed by atoms with Crippen LogP contribution in [0.4, 0.5) is 0 Å². The topological polar surface area (TPSA) is 0 Å². The maximum atomic E-state index is 0. The molecular formula is Co3P4W. The SMILES string of the molecule is [Co+2].[Co+2].[Co+2].[P-3].[P-3].[P-3].[P-3].[W+6]. The van der Waals surface area contributed by atoms with Crippen LogP contribution < -0.4 is 0 Å². The zero-order chi connectivity index (χ0) is 0. The summed E-state index contributed by atoms with van der Waals surface area (Å²) in [4.78, 5) is 0. The van der Waals surface area contributed by atoms with Crippen molar-refractivity contribution in [3.05, 3.63) is 0 Å². The van der Waals surface area contributed by atoms with Gasteiger partial charge in [-0.3, -0.25) is 0 Å². The van der Waals surface area contributed by atoms with Crippen molar-refractivity contribution in [2.45, 2.75) is 0 Å². The molecule has 0 spiro atoms. The van der Waals surface area contributed by atoms with E-state index in [4.69, 9.17) is 0 Å². The molecule has 53 valence electrons. The average Bonchev–Trinajstić information content (AvgIpc) is 0. The first kappa shape index (κ1) is 92.3. The second-order valence-corrected chi connectivity index (χ2v) is 0. The van der Waals surface area contributed by atoms with Crippen LogP contribution in [0.15, 0.2) is 0 Å². The minimum absolute atomic E-state index is 0. The molecule has 0 aromatic carbocycles. The molecule has 0 unspecified atom stereocenters. The molecule has 0 N–H and O–H groups in total. The Kier molecular flexibility index (Phi) is 806. The molecule has 3 radical (unpaired) electrons. The standard InChI is InChI=1S/3Co.4P.W/q3*+2;4*-3;+6. The van der Waals surface area contributed by atoms with Crippen LogP contribution in [0.3, 0.4) is 0 Å². The molecule has 0 rings (SSSR count). The molecule has 0 fully saturated rings. The van der Waals surface area contributed by atoms with Crippen LogP contribution in [-0.4, -0.2) is 0 Å². The maximum Gasteiger partial charge on any atom is 6.00 e. The second kappa shape index (κ2) is 69.8. The predicted molar refractivity (Wildman–Crippen MR) is 27.7 cm³/mol. The first-order valence-electron chi connectivity index (χ1n) is 0. The summed E-state index contributed by atoms with van der Waals surface area (Å²) in [7, 11) is 0. The summed E-state index contributed by atoms with van der Waals surface area (Å²) in [6, 6.07) is 0. The van der Waals surface area contributed by atoms with Gasteiger partial charge in [-0.1, -0.05) is 0 Å². The van der Waals surface area contributed by atoms with E-state index in [2.05, 4.69) is 0 Å². The van der Waals surface area contributed by atoms with Gasteiger partial charge >= 0.3 is 71.4 Å². The molecule has 0 nitrogen and oxygen atoms in total. The van der Waals surface area contributed by atoms with E-state index < -0.39 is 0 Å².